The monoisotopic (exact) mass is 489 g/mol. The Morgan fingerprint density at radius 1 is 1.06 bits per heavy atom. The minimum absolute atomic E-state index is 0.0330. The van der Waals surface area contributed by atoms with E-state index in [-0.39, 0.29) is 36.0 Å². The number of aryl methyl sites for hydroxylation is 1. The van der Waals surface area contributed by atoms with Crippen molar-refractivity contribution >= 4 is 23.5 Å². The fourth-order valence-corrected chi connectivity index (χ4v) is 5.65. The lowest BCUT2D eigenvalue weighted by atomic mass is 9.79. The number of nitrogens with two attached hydrogens (primary N) is 1. The van der Waals surface area contributed by atoms with E-state index >= 15 is 0 Å². The topological polar surface area (TPSA) is 108 Å². The van der Waals surface area contributed by atoms with Crippen LogP contribution in [0.1, 0.15) is 53.2 Å². The number of nitrogens with one attached hydrogen (secondary N) is 2. The number of amides is 4. The molecule has 2 heterocycles. The van der Waals surface area contributed by atoms with Crippen LogP contribution in [-0.2, 0) is 24.1 Å². The maximum absolute atomic E-state index is 12.8. The summed E-state index contributed by atoms with van der Waals surface area (Å²) in [5, 5.41) is 5.82. The van der Waals surface area contributed by atoms with Crippen molar-refractivity contribution in [3.8, 4) is 0 Å². The zero-order valence-electron chi connectivity index (χ0n) is 20.9. The summed E-state index contributed by atoms with van der Waals surface area (Å²) in [5.41, 5.74) is 11.0. The predicted octanol–water partition coefficient (Wildman–Crippen LogP) is 2.70. The molecular weight excluding hydrogens is 454 g/mol. The molecule has 1 aliphatic carbocycles. The first kappa shape index (κ1) is 24.3. The molecule has 8 nitrogen and oxygen atoms in total. The molecule has 4 amide bonds. The lowest BCUT2D eigenvalue weighted by Gasteiger charge is -2.38. The fraction of sp³-hybridized carbons (Fsp3) is 0.464. The van der Waals surface area contributed by atoms with Gasteiger partial charge in [0, 0.05) is 42.5 Å². The molecular formula is C28H35N5O3. The number of hydrogen-bond donors (Lipinski definition) is 3. The number of urea groups is 1. The van der Waals surface area contributed by atoms with Crippen LogP contribution in [0.4, 0.5) is 10.5 Å². The summed E-state index contributed by atoms with van der Waals surface area (Å²) < 4.78 is 0. The van der Waals surface area contributed by atoms with Gasteiger partial charge in [-0.15, -0.1) is 0 Å². The van der Waals surface area contributed by atoms with Crippen molar-refractivity contribution in [2.75, 3.05) is 31.5 Å². The Labute approximate surface area is 212 Å². The summed E-state index contributed by atoms with van der Waals surface area (Å²) in [7, 11) is 0. The van der Waals surface area contributed by atoms with Gasteiger partial charge >= 0.3 is 6.03 Å². The lowest BCUT2D eigenvalue weighted by molar-refractivity contribution is -0.131. The highest BCUT2D eigenvalue weighted by molar-refractivity contribution is 5.96. The van der Waals surface area contributed by atoms with Gasteiger partial charge in [0.05, 0.1) is 6.54 Å². The largest absolute Gasteiger partial charge is 0.343 e. The van der Waals surface area contributed by atoms with Gasteiger partial charge in [0.15, 0.2) is 0 Å². The number of rotatable bonds is 4. The third-order valence-electron chi connectivity index (χ3n) is 7.83. The lowest BCUT2D eigenvalue weighted by Crippen LogP contribution is -2.51. The van der Waals surface area contributed by atoms with E-state index in [0.717, 1.165) is 55.3 Å². The molecule has 0 radical (unpaired) electrons. The number of hydrogen-bond acceptors (Lipinski definition) is 4. The Kier molecular flexibility index (Phi) is 6.71. The standard InChI is InChI=1S/C28H35N5O3/c1-28(29)12-8-19-6-7-21(16-22(19)17-28)26(35)30-18-25(34)32-13-10-23(11-14-32)33-15-9-20-4-2-3-5-24(20)31-27(33)36/h2-7,16,23H,8-15,17-18,29H2,1H3,(H,30,35)(H,31,36). The number of piperidine rings is 1. The molecule has 2 aliphatic heterocycles. The summed E-state index contributed by atoms with van der Waals surface area (Å²) in [4.78, 5) is 42.0. The Morgan fingerprint density at radius 3 is 2.64 bits per heavy atom. The van der Waals surface area contributed by atoms with Crippen LogP contribution < -0.4 is 16.4 Å². The molecule has 1 unspecified atom stereocenters. The second-order valence-electron chi connectivity index (χ2n) is 10.6. The molecule has 1 fully saturated rings. The van der Waals surface area contributed by atoms with Gasteiger partial charge in [-0.1, -0.05) is 24.3 Å². The Morgan fingerprint density at radius 2 is 1.83 bits per heavy atom. The van der Waals surface area contributed by atoms with Crippen LogP contribution in [0.25, 0.3) is 0 Å². The van der Waals surface area contributed by atoms with Crippen molar-refractivity contribution in [2.45, 2.75) is 57.0 Å². The summed E-state index contributed by atoms with van der Waals surface area (Å²) in [5.74, 6) is -0.340. The van der Waals surface area contributed by atoms with E-state index in [0.29, 0.717) is 25.2 Å². The maximum Gasteiger partial charge on any atom is 0.322 e. The average molecular weight is 490 g/mol. The average Bonchev–Trinajstić information content (AvgIpc) is 3.04. The highest BCUT2D eigenvalue weighted by Gasteiger charge is 2.31. The molecule has 1 atom stereocenters. The third-order valence-corrected chi connectivity index (χ3v) is 7.83. The fourth-order valence-electron chi connectivity index (χ4n) is 5.65. The summed E-state index contributed by atoms with van der Waals surface area (Å²) in [6, 6.07) is 13.7. The Bertz CT molecular complexity index is 1170. The molecule has 0 aromatic heterocycles. The van der Waals surface area contributed by atoms with E-state index in [4.69, 9.17) is 5.73 Å². The number of fused-ring (bicyclic) bond motifs is 2. The molecule has 8 heteroatoms. The van der Waals surface area contributed by atoms with Gasteiger partial charge in [-0.2, -0.15) is 0 Å². The molecule has 2 aromatic carbocycles. The second kappa shape index (κ2) is 9.93. The van der Waals surface area contributed by atoms with E-state index < -0.39 is 0 Å². The van der Waals surface area contributed by atoms with Crippen LogP contribution in [0.15, 0.2) is 42.5 Å². The Balaban J connectivity index is 1.11. The van der Waals surface area contributed by atoms with E-state index in [1.165, 1.54) is 5.56 Å². The van der Waals surface area contributed by atoms with Crippen LogP contribution in [0.5, 0.6) is 0 Å². The van der Waals surface area contributed by atoms with Crippen LogP contribution in [0.3, 0.4) is 0 Å². The molecule has 2 aromatic rings. The van der Waals surface area contributed by atoms with E-state index in [1.54, 1.807) is 4.90 Å². The van der Waals surface area contributed by atoms with Crippen LogP contribution in [0.2, 0.25) is 0 Å². The van der Waals surface area contributed by atoms with E-state index in [2.05, 4.69) is 10.6 Å². The quantitative estimate of drug-likeness (QED) is 0.614. The van der Waals surface area contributed by atoms with Crippen LogP contribution in [0, 0.1) is 0 Å². The number of anilines is 1. The minimum Gasteiger partial charge on any atom is -0.343 e. The molecule has 36 heavy (non-hydrogen) atoms. The summed E-state index contributed by atoms with van der Waals surface area (Å²) in [6.07, 6.45) is 4.88. The highest BCUT2D eigenvalue weighted by Crippen LogP contribution is 2.28. The first-order valence-corrected chi connectivity index (χ1v) is 12.9. The summed E-state index contributed by atoms with van der Waals surface area (Å²) >= 11 is 0. The number of carbonyl (C=O) groups is 3. The van der Waals surface area contributed by atoms with E-state index in [1.807, 2.05) is 54.3 Å². The number of para-hydroxylation sites is 1. The predicted molar refractivity (Wildman–Crippen MR) is 139 cm³/mol. The SMILES string of the molecule is CC1(N)CCc2ccc(C(=O)NCC(=O)N3CCC(N4CCc5ccccc5NC4=O)CC3)cc2C1. The first-order chi connectivity index (χ1) is 17.3. The van der Waals surface area contributed by atoms with Crippen molar-refractivity contribution in [3.63, 3.8) is 0 Å². The normalized spacial score (nSPS) is 22.2. The van der Waals surface area contributed by atoms with Crippen molar-refractivity contribution in [3.05, 3.63) is 64.7 Å². The molecule has 0 saturated carbocycles. The van der Waals surface area contributed by atoms with Gasteiger partial charge in [0.1, 0.15) is 0 Å². The van der Waals surface area contributed by atoms with Crippen molar-refractivity contribution in [1.82, 2.24) is 15.1 Å². The zero-order valence-corrected chi connectivity index (χ0v) is 20.9. The van der Waals surface area contributed by atoms with Gasteiger partial charge < -0.3 is 26.2 Å². The molecule has 5 rings (SSSR count). The van der Waals surface area contributed by atoms with Crippen molar-refractivity contribution in [2.24, 2.45) is 5.73 Å². The molecule has 4 N–H and O–H groups in total. The zero-order chi connectivity index (χ0) is 25.3. The number of carbonyl (C=O) groups excluding carboxylic acids is 3. The summed E-state index contributed by atoms with van der Waals surface area (Å²) in [6.45, 7) is 3.83. The number of likely N-dealkylation sites (tertiary alicyclic amines) is 1. The molecule has 190 valence electrons. The van der Waals surface area contributed by atoms with Gasteiger partial charge in [0.2, 0.25) is 5.91 Å². The Hall–Kier alpha value is -3.39. The van der Waals surface area contributed by atoms with Crippen molar-refractivity contribution < 1.29 is 14.4 Å². The third kappa shape index (κ3) is 5.23. The first-order valence-electron chi connectivity index (χ1n) is 12.9. The number of nitrogens with zero attached hydrogens (tertiary/aromatic N) is 2. The molecule has 3 aliphatic rings. The second-order valence-corrected chi connectivity index (χ2v) is 10.6. The molecule has 0 spiro atoms. The van der Waals surface area contributed by atoms with E-state index in [9.17, 15) is 14.4 Å². The van der Waals surface area contributed by atoms with Gasteiger partial charge in [-0.25, -0.2) is 4.79 Å². The smallest absolute Gasteiger partial charge is 0.322 e. The van der Waals surface area contributed by atoms with Gasteiger partial charge in [-0.05, 0) is 80.3 Å². The van der Waals surface area contributed by atoms with Gasteiger partial charge in [-0.3, -0.25) is 9.59 Å². The molecule has 0 bridgehead atoms. The molecule has 1 saturated heterocycles. The minimum atomic E-state index is -0.248. The maximum atomic E-state index is 12.8. The highest BCUT2D eigenvalue weighted by atomic mass is 16.2. The number of benzene rings is 2. The van der Waals surface area contributed by atoms with Gasteiger partial charge in [0.25, 0.3) is 5.91 Å². The van der Waals surface area contributed by atoms with Crippen LogP contribution in [-0.4, -0.2) is 65.4 Å². The van der Waals surface area contributed by atoms with Crippen LogP contribution >= 0.6 is 0 Å². The van der Waals surface area contributed by atoms with Crippen molar-refractivity contribution in [1.29, 1.82) is 0 Å².